The van der Waals surface area contributed by atoms with Crippen molar-refractivity contribution in [1.82, 2.24) is 4.90 Å². The fraction of sp³-hybridized carbons (Fsp3) is 0.208. The third-order valence-corrected chi connectivity index (χ3v) is 4.99. The van der Waals surface area contributed by atoms with Gasteiger partial charge in [0.05, 0.1) is 0 Å². The van der Waals surface area contributed by atoms with Crippen LogP contribution in [0.15, 0.2) is 72.8 Å². The molecule has 1 atom stereocenters. The molecule has 3 aromatic rings. The Hall–Kier alpha value is -3.31. The van der Waals surface area contributed by atoms with Gasteiger partial charge in [0.25, 0.3) is 0 Å². The number of ether oxygens (including phenoxy) is 2. The molecule has 0 radical (unpaired) electrons. The number of nitrogens with zero attached hydrogens (tertiary/aromatic N) is 1. The standard InChI is InChI=1S/C24H24N2O3/c1-17-8-11-20(12-9-17)25-24(27)23(19-6-4-3-5-7-19)26(2)15-18-10-13-21-22(14-18)29-16-28-21/h3-14,23H,15-16H2,1-2H3,(H,25,27)/t23-/m1/s1. The quantitative estimate of drug-likeness (QED) is 0.674. The molecule has 1 heterocycles. The van der Waals surface area contributed by atoms with Crippen LogP contribution in [0, 0.1) is 6.92 Å². The average molecular weight is 388 g/mol. The number of carbonyl (C=O) groups excluding carboxylic acids is 1. The number of aryl methyl sites for hydroxylation is 1. The molecular weight excluding hydrogens is 364 g/mol. The van der Waals surface area contributed by atoms with E-state index in [9.17, 15) is 4.79 Å². The molecule has 0 saturated carbocycles. The maximum Gasteiger partial charge on any atom is 0.246 e. The Balaban J connectivity index is 1.56. The first-order valence-electron chi connectivity index (χ1n) is 9.61. The zero-order valence-electron chi connectivity index (χ0n) is 16.6. The number of hydrogen-bond donors (Lipinski definition) is 1. The maximum absolute atomic E-state index is 13.2. The molecule has 0 fully saturated rings. The fourth-order valence-electron chi connectivity index (χ4n) is 3.51. The largest absolute Gasteiger partial charge is 0.454 e. The van der Waals surface area contributed by atoms with E-state index in [0.29, 0.717) is 6.54 Å². The van der Waals surface area contributed by atoms with Crippen LogP contribution in [-0.4, -0.2) is 24.6 Å². The molecule has 148 valence electrons. The summed E-state index contributed by atoms with van der Waals surface area (Å²) in [5.74, 6) is 1.44. The molecule has 29 heavy (non-hydrogen) atoms. The summed E-state index contributed by atoms with van der Waals surface area (Å²) in [5, 5.41) is 3.05. The van der Waals surface area contributed by atoms with Crippen LogP contribution in [0.5, 0.6) is 11.5 Å². The minimum atomic E-state index is -0.428. The summed E-state index contributed by atoms with van der Waals surface area (Å²) in [6.45, 7) is 2.87. The zero-order chi connectivity index (χ0) is 20.2. The van der Waals surface area contributed by atoms with Gasteiger partial charge in [-0.1, -0.05) is 54.1 Å². The Bertz CT molecular complexity index is 987. The van der Waals surface area contributed by atoms with Gasteiger partial charge in [0.2, 0.25) is 12.7 Å². The van der Waals surface area contributed by atoms with Crippen molar-refractivity contribution in [2.45, 2.75) is 19.5 Å². The van der Waals surface area contributed by atoms with Crippen molar-refractivity contribution in [2.75, 3.05) is 19.2 Å². The Labute approximate surface area is 170 Å². The molecule has 0 bridgehead atoms. The highest BCUT2D eigenvalue weighted by molar-refractivity contribution is 5.95. The smallest absolute Gasteiger partial charge is 0.246 e. The van der Waals surface area contributed by atoms with Crippen LogP contribution in [-0.2, 0) is 11.3 Å². The van der Waals surface area contributed by atoms with Crippen LogP contribution >= 0.6 is 0 Å². The van der Waals surface area contributed by atoms with E-state index in [1.807, 2.05) is 91.7 Å². The maximum atomic E-state index is 13.2. The molecular formula is C24H24N2O3. The topological polar surface area (TPSA) is 50.8 Å². The van der Waals surface area contributed by atoms with Gasteiger partial charge in [-0.15, -0.1) is 0 Å². The van der Waals surface area contributed by atoms with Crippen LogP contribution in [0.3, 0.4) is 0 Å². The molecule has 1 aliphatic rings. The SMILES string of the molecule is Cc1ccc(NC(=O)[C@@H](c2ccccc2)N(C)Cc2ccc3c(c2)OCO3)cc1. The first kappa shape index (κ1) is 19.0. The second-order valence-corrected chi connectivity index (χ2v) is 7.27. The molecule has 5 nitrogen and oxygen atoms in total. The molecule has 1 amide bonds. The van der Waals surface area contributed by atoms with Crippen molar-refractivity contribution >= 4 is 11.6 Å². The van der Waals surface area contributed by atoms with Gasteiger partial charge in [-0.2, -0.15) is 0 Å². The van der Waals surface area contributed by atoms with Crippen LogP contribution in [0.4, 0.5) is 5.69 Å². The fourth-order valence-corrected chi connectivity index (χ4v) is 3.51. The molecule has 1 aliphatic heterocycles. The molecule has 0 aliphatic carbocycles. The molecule has 4 rings (SSSR count). The Morgan fingerprint density at radius 3 is 2.48 bits per heavy atom. The second kappa shape index (κ2) is 8.37. The van der Waals surface area contributed by atoms with E-state index in [1.54, 1.807) is 0 Å². The van der Waals surface area contributed by atoms with Gasteiger partial charge in [-0.3, -0.25) is 9.69 Å². The van der Waals surface area contributed by atoms with Gasteiger partial charge in [-0.05, 0) is 49.4 Å². The summed E-state index contributed by atoms with van der Waals surface area (Å²) in [6.07, 6.45) is 0. The molecule has 3 aromatic carbocycles. The summed E-state index contributed by atoms with van der Waals surface area (Å²) in [4.78, 5) is 15.3. The number of anilines is 1. The zero-order valence-corrected chi connectivity index (χ0v) is 16.6. The lowest BCUT2D eigenvalue weighted by Gasteiger charge is -2.28. The van der Waals surface area contributed by atoms with Crippen molar-refractivity contribution in [3.63, 3.8) is 0 Å². The Morgan fingerprint density at radius 1 is 1.00 bits per heavy atom. The van der Waals surface area contributed by atoms with Crippen LogP contribution in [0.25, 0.3) is 0 Å². The lowest BCUT2D eigenvalue weighted by molar-refractivity contribution is -0.121. The predicted octanol–water partition coefficient (Wildman–Crippen LogP) is 4.54. The number of amides is 1. The van der Waals surface area contributed by atoms with Gasteiger partial charge in [0.15, 0.2) is 11.5 Å². The molecule has 0 saturated heterocycles. The van der Waals surface area contributed by atoms with Gasteiger partial charge in [0, 0.05) is 12.2 Å². The minimum absolute atomic E-state index is 0.0664. The number of benzene rings is 3. The highest BCUT2D eigenvalue weighted by Crippen LogP contribution is 2.33. The third kappa shape index (κ3) is 4.41. The Kier molecular flexibility index (Phi) is 5.49. The highest BCUT2D eigenvalue weighted by Gasteiger charge is 2.26. The van der Waals surface area contributed by atoms with Crippen molar-refractivity contribution in [2.24, 2.45) is 0 Å². The van der Waals surface area contributed by atoms with Crippen molar-refractivity contribution in [1.29, 1.82) is 0 Å². The van der Waals surface area contributed by atoms with E-state index in [-0.39, 0.29) is 12.7 Å². The van der Waals surface area contributed by atoms with E-state index < -0.39 is 6.04 Å². The molecule has 0 unspecified atom stereocenters. The van der Waals surface area contributed by atoms with Gasteiger partial charge in [0.1, 0.15) is 6.04 Å². The van der Waals surface area contributed by atoms with Crippen LogP contribution in [0.2, 0.25) is 0 Å². The summed E-state index contributed by atoms with van der Waals surface area (Å²) >= 11 is 0. The van der Waals surface area contributed by atoms with Gasteiger partial charge >= 0.3 is 0 Å². The van der Waals surface area contributed by atoms with Crippen LogP contribution < -0.4 is 14.8 Å². The number of hydrogen-bond acceptors (Lipinski definition) is 4. The average Bonchev–Trinajstić information content (AvgIpc) is 3.18. The summed E-state index contributed by atoms with van der Waals surface area (Å²) in [7, 11) is 1.96. The minimum Gasteiger partial charge on any atom is -0.454 e. The van der Waals surface area contributed by atoms with E-state index in [4.69, 9.17) is 9.47 Å². The second-order valence-electron chi connectivity index (χ2n) is 7.27. The summed E-state index contributed by atoms with van der Waals surface area (Å²) < 4.78 is 10.9. The number of likely N-dealkylation sites (N-methyl/N-ethyl adjacent to an activating group) is 1. The number of carbonyl (C=O) groups is 1. The van der Waals surface area contributed by atoms with E-state index in [1.165, 1.54) is 0 Å². The molecule has 1 N–H and O–H groups in total. The molecule has 0 aromatic heterocycles. The van der Waals surface area contributed by atoms with Crippen molar-refractivity contribution in [3.05, 3.63) is 89.5 Å². The number of nitrogens with one attached hydrogen (secondary N) is 1. The van der Waals surface area contributed by atoms with E-state index in [0.717, 1.165) is 33.9 Å². The van der Waals surface area contributed by atoms with E-state index >= 15 is 0 Å². The highest BCUT2D eigenvalue weighted by atomic mass is 16.7. The molecule has 5 heteroatoms. The lowest BCUT2D eigenvalue weighted by atomic mass is 10.0. The first-order chi connectivity index (χ1) is 14.1. The number of fused-ring (bicyclic) bond motifs is 1. The van der Waals surface area contributed by atoms with E-state index in [2.05, 4.69) is 5.32 Å². The summed E-state index contributed by atoms with van der Waals surface area (Å²) in [5.41, 5.74) is 3.95. The van der Waals surface area contributed by atoms with Gasteiger partial charge < -0.3 is 14.8 Å². The number of rotatable bonds is 6. The van der Waals surface area contributed by atoms with Crippen LogP contribution in [0.1, 0.15) is 22.7 Å². The predicted molar refractivity (Wildman–Crippen MR) is 113 cm³/mol. The monoisotopic (exact) mass is 388 g/mol. The van der Waals surface area contributed by atoms with Crippen molar-refractivity contribution in [3.8, 4) is 11.5 Å². The lowest BCUT2D eigenvalue weighted by Crippen LogP contribution is -2.34. The third-order valence-electron chi connectivity index (χ3n) is 4.99. The molecule has 0 spiro atoms. The first-order valence-corrected chi connectivity index (χ1v) is 9.61. The summed E-state index contributed by atoms with van der Waals surface area (Å²) in [6, 6.07) is 23.1. The Morgan fingerprint density at radius 2 is 1.72 bits per heavy atom. The van der Waals surface area contributed by atoms with Gasteiger partial charge in [-0.25, -0.2) is 0 Å². The van der Waals surface area contributed by atoms with Crippen molar-refractivity contribution < 1.29 is 14.3 Å². The normalized spacial score (nSPS) is 13.3.